The van der Waals surface area contributed by atoms with Crippen LogP contribution in [0.25, 0.3) is 5.69 Å². The van der Waals surface area contributed by atoms with Gasteiger partial charge < -0.3 is 5.32 Å². The molecule has 0 saturated heterocycles. The molecule has 7 heteroatoms. The van der Waals surface area contributed by atoms with Gasteiger partial charge in [-0.1, -0.05) is 44.3 Å². The molecule has 0 amide bonds. The minimum atomic E-state index is 0.533. The van der Waals surface area contributed by atoms with Crippen molar-refractivity contribution in [3.05, 3.63) is 38.5 Å². The Labute approximate surface area is 129 Å². The summed E-state index contributed by atoms with van der Waals surface area (Å²) >= 11 is 15.7. The lowest BCUT2D eigenvalue weighted by molar-refractivity contribution is 0.671. The Hall–Kier alpha value is -0.620. The number of halogens is 3. The summed E-state index contributed by atoms with van der Waals surface area (Å²) in [5, 5.41) is 12.7. The largest absolute Gasteiger partial charge is 0.308 e. The van der Waals surface area contributed by atoms with E-state index in [-0.39, 0.29) is 0 Å². The van der Waals surface area contributed by atoms with Gasteiger partial charge >= 0.3 is 0 Å². The van der Waals surface area contributed by atoms with E-state index in [4.69, 9.17) is 23.2 Å². The minimum absolute atomic E-state index is 0.533. The topological polar surface area (TPSA) is 42.7 Å². The predicted octanol–water partition coefficient (Wildman–Crippen LogP) is 3.59. The minimum Gasteiger partial charge on any atom is -0.308 e. The van der Waals surface area contributed by atoms with Crippen molar-refractivity contribution in [3.63, 3.8) is 0 Å². The van der Waals surface area contributed by atoms with Crippen LogP contribution in [0.2, 0.25) is 10.0 Å². The molecule has 0 radical (unpaired) electrons. The first-order valence-electron chi connectivity index (χ1n) is 5.93. The summed E-state index contributed by atoms with van der Waals surface area (Å²) in [7, 11) is 0. The van der Waals surface area contributed by atoms with Gasteiger partial charge in [0.25, 0.3) is 0 Å². The van der Waals surface area contributed by atoms with Crippen LogP contribution in [0.15, 0.2) is 22.8 Å². The molecule has 100 valence electrons. The van der Waals surface area contributed by atoms with Crippen molar-refractivity contribution in [2.45, 2.75) is 25.4 Å². The standard InChI is InChI=1S/C12H11BrCl2N4/c13-7-3-10(14)12(11(15)4-7)19-6-9(17-18-19)5-16-8-1-2-8/h3-4,6,8,16H,1-2,5H2. The SMILES string of the molecule is Clc1cc(Br)cc(Cl)c1-n1cc(CNC2CC2)nn1. The van der Waals surface area contributed by atoms with E-state index in [1.807, 2.05) is 6.20 Å². The van der Waals surface area contributed by atoms with E-state index in [0.29, 0.717) is 21.8 Å². The highest BCUT2D eigenvalue weighted by Gasteiger charge is 2.20. The number of rotatable bonds is 4. The van der Waals surface area contributed by atoms with Crippen LogP contribution < -0.4 is 5.32 Å². The van der Waals surface area contributed by atoms with E-state index >= 15 is 0 Å². The van der Waals surface area contributed by atoms with Crippen molar-refractivity contribution < 1.29 is 0 Å². The highest BCUT2D eigenvalue weighted by molar-refractivity contribution is 9.10. The van der Waals surface area contributed by atoms with Crippen LogP contribution in [-0.4, -0.2) is 21.0 Å². The fourth-order valence-electron chi connectivity index (χ4n) is 1.78. The van der Waals surface area contributed by atoms with Crippen molar-refractivity contribution >= 4 is 39.1 Å². The summed E-state index contributed by atoms with van der Waals surface area (Å²) in [5.74, 6) is 0. The van der Waals surface area contributed by atoms with Gasteiger partial charge in [0.2, 0.25) is 0 Å². The summed E-state index contributed by atoms with van der Waals surface area (Å²) < 4.78 is 2.45. The molecule has 4 nitrogen and oxygen atoms in total. The Morgan fingerprint density at radius 3 is 2.63 bits per heavy atom. The molecule has 1 saturated carbocycles. The molecule has 3 rings (SSSR count). The maximum Gasteiger partial charge on any atom is 0.104 e. The Morgan fingerprint density at radius 1 is 1.32 bits per heavy atom. The summed E-state index contributed by atoms with van der Waals surface area (Å²) in [5.41, 5.74) is 1.53. The fourth-order valence-corrected chi connectivity index (χ4v) is 3.16. The van der Waals surface area contributed by atoms with Crippen molar-refractivity contribution in [1.29, 1.82) is 0 Å². The molecule has 1 aliphatic rings. The first-order chi connectivity index (χ1) is 9.13. The third-order valence-corrected chi connectivity index (χ3v) is 3.93. The van der Waals surface area contributed by atoms with Gasteiger partial charge in [0.15, 0.2) is 0 Å². The summed E-state index contributed by atoms with van der Waals surface area (Å²) in [4.78, 5) is 0. The number of aromatic nitrogens is 3. The zero-order valence-electron chi connectivity index (χ0n) is 9.91. The number of nitrogens with zero attached hydrogens (tertiary/aromatic N) is 3. The molecular weight excluding hydrogens is 351 g/mol. The molecule has 1 N–H and O–H groups in total. The Morgan fingerprint density at radius 2 is 2.00 bits per heavy atom. The van der Waals surface area contributed by atoms with Crippen LogP contribution in [0, 0.1) is 0 Å². The van der Waals surface area contributed by atoms with Crippen LogP contribution in [0.3, 0.4) is 0 Å². The van der Waals surface area contributed by atoms with Gasteiger partial charge in [0, 0.05) is 17.1 Å². The molecule has 2 aromatic rings. The lowest BCUT2D eigenvalue weighted by atomic mass is 10.3. The van der Waals surface area contributed by atoms with E-state index in [1.165, 1.54) is 12.8 Å². The molecule has 0 bridgehead atoms. The second-order valence-electron chi connectivity index (χ2n) is 4.53. The van der Waals surface area contributed by atoms with E-state index in [1.54, 1.807) is 16.8 Å². The third kappa shape index (κ3) is 3.11. The highest BCUT2D eigenvalue weighted by atomic mass is 79.9. The number of hydrogen-bond donors (Lipinski definition) is 1. The van der Waals surface area contributed by atoms with Crippen molar-refractivity contribution in [2.24, 2.45) is 0 Å². The van der Waals surface area contributed by atoms with Gasteiger partial charge in [0.1, 0.15) is 5.69 Å². The van der Waals surface area contributed by atoms with Gasteiger partial charge in [-0.05, 0) is 25.0 Å². The smallest absolute Gasteiger partial charge is 0.104 e. The number of benzene rings is 1. The highest BCUT2D eigenvalue weighted by Crippen LogP contribution is 2.31. The lowest BCUT2D eigenvalue weighted by Gasteiger charge is -2.06. The van der Waals surface area contributed by atoms with Crippen LogP contribution >= 0.6 is 39.1 Å². The van der Waals surface area contributed by atoms with Crippen molar-refractivity contribution in [1.82, 2.24) is 20.3 Å². The molecule has 0 atom stereocenters. The second kappa shape index (κ2) is 5.40. The average Bonchev–Trinajstić information content (AvgIpc) is 3.05. The molecule has 1 aromatic carbocycles. The normalized spacial score (nSPS) is 14.9. The average molecular weight is 362 g/mol. The summed E-state index contributed by atoms with van der Waals surface area (Å²) in [6.45, 7) is 0.719. The molecule has 0 spiro atoms. The molecule has 0 unspecified atom stereocenters. The molecule has 1 aromatic heterocycles. The Kier molecular flexibility index (Phi) is 3.80. The maximum atomic E-state index is 6.20. The fraction of sp³-hybridized carbons (Fsp3) is 0.333. The molecule has 19 heavy (non-hydrogen) atoms. The Balaban J connectivity index is 1.85. The first-order valence-corrected chi connectivity index (χ1v) is 7.48. The van der Waals surface area contributed by atoms with E-state index in [9.17, 15) is 0 Å². The summed E-state index contributed by atoms with van der Waals surface area (Å²) in [6, 6.07) is 4.21. The Bertz CT molecular complexity index is 587. The third-order valence-electron chi connectivity index (χ3n) is 2.90. The predicted molar refractivity (Wildman–Crippen MR) is 78.9 cm³/mol. The first kappa shape index (κ1) is 13.4. The zero-order chi connectivity index (χ0) is 13.4. The van der Waals surface area contributed by atoms with Gasteiger partial charge in [-0.2, -0.15) is 0 Å². The van der Waals surface area contributed by atoms with E-state index in [2.05, 4.69) is 31.6 Å². The van der Waals surface area contributed by atoms with Crippen LogP contribution in [-0.2, 0) is 6.54 Å². The lowest BCUT2D eigenvalue weighted by Crippen LogP contribution is -2.15. The van der Waals surface area contributed by atoms with Crippen molar-refractivity contribution in [3.8, 4) is 5.69 Å². The molecule has 1 fully saturated rings. The van der Waals surface area contributed by atoms with Crippen molar-refractivity contribution in [2.75, 3.05) is 0 Å². The quantitative estimate of drug-likeness (QED) is 0.904. The van der Waals surface area contributed by atoms with E-state index < -0.39 is 0 Å². The molecule has 0 aliphatic heterocycles. The summed E-state index contributed by atoms with van der Waals surface area (Å²) in [6.07, 6.45) is 4.34. The molecular formula is C12H11BrCl2N4. The van der Waals surface area contributed by atoms with Gasteiger partial charge in [-0.15, -0.1) is 5.10 Å². The zero-order valence-corrected chi connectivity index (χ0v) is 13.0. The second-order valence-corrected chi connectivity index (χ2v) is 6.26. The van der Waals surface area contributed by atoms with Crippen LogP contribution in [0.4, 0.5) is 0 Å². The number of nitrogens with one attached hydrogen (secondary N) is 1. The van der Waals surface area contributed by atoms with E-state index in [0.717, 1.165) is 16.7 Å². The van der Waals surface area contributed by atoms with Gasteiger partial charge in [-0.3, -0.25) is 0 Å². The van der Waals surface area contributed by atoms with Crippen LogP contribution in [0.5, 0.6) is 0 Å². The monoisotopic (exact) mass is 360 g/mol. The number of hydrogen-bond acceptors (Lipinski definition) is 3. The van der Waals surface area contributed by atoms with Crippen LogP contribution in [0.1, 0.15) is 18.5 Å². The maximum absolute atomic E-state index is 6.20. The molecule has 1 aliphatic carbocycles. The molecule has 1 heterocycles. The van der Waals surface area contributed by atoms with Gasteiger partial charge in [0.05, 0.1) is 21.9 Å². The van der Waals surface area contributed by atoms with Gasteiger partial charge in [-0.25, -0.2) is 4.68 Å².